The molecule has 2 saturated heterocycles. The first kappa shape index (κ1) is 24.0. The number of fused-ring (bicyclic) bond motifs is 1. The van der Waals surface area contributed by atoms with Gasteiger partial charge in [-0.1, -0.05) is 12.1 Å². The standard InChI is InChI=1S/C26H28N2O8/c1-32-18-5-3-4-16(12-18)23(29)21-22(17-13-19(33-2)25-20(14-17)35-15-36-25)28(26(31)24(21)30)7-6-27-8-10-34-11-9-27/h3-5,12-14,22,29H,6-11,15H2,1-2H3/t22-/m0/s1. The molecule has 1 N–H and O–H groups in total. The third-order valence-electron chi connectivity index (χ3n) is 6.64. The smallest absolute Gasteiger partial charge is 0.295 e. The summed E-state index contributed by atoms with van der Waals surface area (Å²) in [6.45, 7) is 3.63. The van der Waals surface area contributed by atoms with Gasteiger partial charge in [0.05, 0.1) is 39.0 Å². The Kier molecular flexibility index (Phi) is 6.71. The van der Waals surface area contributed by atoms with Crippen LogP contribution in [0.1, 0.15) is 17.2 Å². The molecule has 3 aliphatic rings. The van der Waals surface area contributed by atoms with Gasteiger partial charge in [-0.15, -0.1) is 0 Å². The SMILES string of the molecule is COc1cccc(C(O)=C2C(=O)C(=O)N(CCN3CCOCC3)[C@H]2c2cc(OC)c3c(c2)OCO3)c1. The van der Waals surface area contributed by atoms with Crippen molar-refractivity contribution in [1.29, 1.82) is 0 Å². The molecule has 3 heterocycles. The maximum Gasteiger partial charge on any atom is 0.295 e. The average Bonchev–Trinajstić information content (AvgIpc) is 3.49. The zero-order valence-corrected chi connectivity index (χ0v) is 20.2. The van der Waals surface area contributed by atoms with Crippen LogP contribution in [0.25, 0.3) is 5.76 Å². The van der Waals surface area contributed by atoms with Crippen LogP contribution in [-0.2, 0) is 14.3 Å². The normalized spacial score (nSPS) is 21.2. The van der Waals surface area contributed by atoms with Crippen LogP contribution in [0.2, 0.25) is 0 Å². The van der Waals surface area contributed by atoms with Crippen molar-refractivity contribution < 1.29 is 38.4 Å². The second-order valence-corrected chi connectivity index (χ2v) is 8.64. The fourth-order valence-electron chi connectivity index (χ4n) is 4.76. The highest BCUT2D eigenvalue weighted by Crippen LogP contribution is 2.47. The number of morpholine rings is 1. The third kappa shape index (κ3) is 4.33. The van der Waals surface area contributed by atoms with Gasteiger partial charge in [-0.25, -0.2) is 0 Å². The van der Waals surface area contributed by atoms with E-state index >= 15 is 0 Å². The summed E-state index contributed by atoms with van der Waals surface area (Å²) in [5, 5.41) is 11.3. The summed E-state index contributed by atoms with van der Waals surface area (Å²) in [6, 6.07) is 9.32. The minimum absolute atomic E-state index is 0.00357. The van der Waals surface area contributed by atoms with Crippen LogP contribution >= 0.6 is 0 Å². The van der Waals surface area contributed by atoms with Crippen LogP contribution in [0.3, 0.4) is 0 Å². The fourth-order valence-corrected chi connectivity index (χ4v) is 4.76. The molecule has 5 rings (SSSR count). The van der Waals surface area contributed by atoms with Gasteiger partial charge in [0.25, 0.3) is 11.7 Å². The van der Waals surface area contributed by atoms with E-state index in [4.69, 9.17) is 23.7 Å². The Morgan fingerprint density at radius 1 is 1.06 bits per heavy atom. The zero-order valence-electron chi connectivity index (χ0n) is 20.2. The molecule has 190 valence electrons. The lowest BCUT2D eigenvalue weighted by atomic mass is 9.94. The van der Waals surface area contributed by atoms with Crippen molar-refractivity contribution in [2.24, 2.45) is 0 Å². The van der Waals surface area contributed by atoms with E-state index in [9.17, 15) is 14.7 Å². The number of Topliss-reactive ketones (excluding diaryl/α,β-unsaturated/α-hetero) is 1. The van der Waals surface area contributed by atoms with Crippen LogP contribution in [0.4, 0.5) is 0 Å². The van der Waals surface area contributed by atoms with Gasteiger partial charge in [-0.3, -0.25) is 14.5 Å². The number of carbonyl (C=O) groups is 2. The second kappa shape index (κ2) is 10.1. The molecule has 0 radical (unpaired) electrons. The highest BCUT2D eigenvalue weighted by molar-refractivity contribution is 6.46. The predicted molar refractivity (Wildman–Crippen MR) is 128 cm³/mol. The van der Waals surface area contributed by atoms with E-state index in [1.54, 1.807) is 36.4 Å². The molecule has 36 heavy (non-hydrogen) atoms. The van der Waals surface area contributed by atoms with Gasteiger partial charge in [0.15, 0.2) is 11.5 Å². The van der Waals surface area contributed by atoms with E-state index in [0.717, 1.165) is 13.1 Å². The molecule has 0 aromatic heterocycles. The van der Waals surface area contributed by atoms with E-state index in [0.29, 0.717) is 60.4 Å². The first-order chi connectivity index (χ1) is 17.5. The van der Waals surface area contributed by atoms with Gasteiger partial charge < -0.3 is 33.7 Å². The number of hydrogen-bond donors (Lipinski definition) is 1. The summed E-state index contributed by atoms with van der Waals surface area (Å²) in [5.74, 6) is 0.141. The number of carbonyl (C=O) groups excluding carboxylic acids is 2. The largest absolute Gasteiger partial charge is 0.507 e. The molecule has 10 heteroatoms. The van der Waals surface area contributed by atoms with Gasteiger partial charge in [0.2, 0.25) is 12.5 Å². The average molecular weight is 497 g/mol. The van der Waals surface area contributed by atoms with Crippen LogP contribution in [0, 0.1) is 0 Å². The summed E-state index contributed by atoms with van der Waals surface area (Å²) >= 11 is 0. The number of aliphatic hydroxyl groups excluding tert-OH is 1. The Morgan fingerprint density at radius 2 is 1.86 bits per heavy atom. The molecule has 2 aromatic rings. The number of ether oxygens (including phenoxy) is 5. The molecule has 1 amide bonds. The summed E-state index contributed by atoms with van der Waals surface area (Å²) in [7, 11) is 3.02. The fraction of sp³-hybridized carbons (Fsp3) is 0.385. The number of nitrogens with zero attached hydrogens (tertiary/aromatic N) is 2. The van der Waals surface area contributed by atoms with Crippen molar-refractivity contribution in [3.8, 4) is 23.0 Å². The van der Waals surface area contributed by atoms with Crippen LogP contribution < -0.4 is 18.9 Å². The van der Waals surface area contributed by atoms with E-state index in [1.807, 2.05) is 0 Å². The highest BCUT2D eigenvalue weighted by Gasteiger charge is 2.46. The van der Waals surface area contributed by atoms with Crippen molar-refractivity contribution in [3.63, 3.8) is 0 Å². The number of ketones is 1. The second-order valence-electron chi connectivity index (χ2n) is 8.64. The lowest BCUT2D eigenvalue weighted by Gasteiger charge is -2.31. The van der Waals surface area contributed by atoms with Crippen LogP contribution in [0.5, 0.6) is 23.0 Å². The number of likely N-dealkylation sites (tertiary alicyclic amines) is 1. The number of benzene rings is 2. The lowest BCUT2D eigenvalue weighted by molar-refractivity contribution is -0.140. The van der Waals surface area contributed by atoms with Crippen molar-refractivity contribution in [1.82, 2.24) is 9.80 Å². The van der Waals surface area contributed by atoms with Gasteiger partial charge in [0.1, 0.15) is 11.5 Å². The van der Waals surface area contributed by atoms with Crippen molar-refractivity contribution in [2.75, 3.05) is 60.4 Å². The van der Waals surface area contributed by atoms with Crippen LogP contribution in [0.15, 0.2) is 42.0 Å². The minimum Gasteiger partial charge on any atom is -0.507 e. The molecule has 0 spiro atoms. The molecule has 2 aromatic carbocycles. The number of hydrogen-bond acceptors (Lipinski definition) is 9. The number of rotatable bonds is 7. The number of aliphatic hydroxyl groups is 1. The van der Waals surface area contributed by atoms with E-state index in [2.05, 4.69) is 4.90 Å². The molecule has 0 saturated carbocycles. The first-order valence-electron chi connectivity index (χ1n) is 11.7. The quantitative estimate of drug-likeness (QED) is 0.351. The van der Waals surface area contributed by atoms with Crippen molar-refractivity contribution in [3.05, 3.63) is 53.1 Å². The Labute approximate surface area is 208 Å². The molecule has 0 aliphatic carbocycles. The third-order valence-corrected chi connectivity index (χ3v) is 6.64. The molecule has 3 aliphatic heterocycles. The maximum absolute atomic E-state index is 13.3. The monoisotopic (exact) mass is 496 g/mol. The molecule has 2 fully saturated rings. The molecule has 0 bridgehead atoms. The summed E-state index contributed by atoms with van der Waals surface area (Å²) in [4.78, 5) is 30.3. The Hall–Kier alpha value is -3.76. The summed E-state index contributed by atoms with van der Waals surface area (Å²) < 4.78 is 27.3. The molecule has 0 unspecified atom stereocenters. The Balaban J connectivity index is 1.60. The summed E-state index contributed by atoms with van der Waals surface area (Å²) in [6.07, 6.45) is 0. The van der Waals surface area contributed by atoms with Gasteiger partial charge in [-0.2, -0.15) is 0 Å². The van der Waals surface area contributed by atoms with Crippen molar-refractivity contribution in [2.45, 2.75) is 6.04 Å². The maximum atomic E-state index is 13.3. The molecule has 1 atom stereocenters. The van der Waals surface area contributed by atoms with Crippen LogP contribution in [-0.4, -0.2) is 87.0 Å². The Morgan fingerprint density at radius 3 is 2.61 bits per heavy atom. The molecular weight excluding hydrogens is 468 g/mol. The van der Waals surface area contributed by atoms with Gasteiger partial charge in [0, 0.05) is 31.7 Å². The summed E-state index contributed by atoms with van der Waals surface area (Å²) in [5.41, 5.74) is 0.941. The molecule has 10 nitrogen and oxygen atoms in total. The van der Waals surface area contributed by atoms with Gasteiger partial charge >= 0.3 is 0 Å². The molecular formula is C26H28N2O8. The van der Waals surface area contributed by atoms with E-state index in [1.165, 1.54) is 19.1 Å². The topological polar surface area (TPSA) is 107 Å². The van der Waals surface area contributed by atoms with E-state index in [-0.39, 0.29) is 18.1 Å². The van der Waals surface area contributed by atoms with Gasteiger partial charge in [-0.05, 0) is 29.8 Å². The lowest BCUT2D eigenvalue weighted by Crippen LogP contribution is -2.42. The highest BCUT2D eigenvalue weighted by atomic mass is 16.7. The van der Waals surface area contributed by atoms with E-state index < -0.39 is 17.7 Å². The Bertz CT molecular complexity index is 1200. The van der Waals surface area contributed by atoms with Crippen molar-refractivity contribution >= 4 is 17.4 Å². The minimum atomic E-state index is -0.847. The predicted octanol–water partition coefficient (Wildman–Crippen LogP) is 2.19. The zero-order chi connectivity index (χ0) is 25.2. The number of methoxy groups -OCH3 is 2. The first-order valence-corrected chi connectivity index (χ1v) is 11.7. The number of amides is 1.